The SMILES string of the molecule is CC(C)N1CCC(COCC(NC(=O)c2ccc3c(Cl)c[nH]c3c2)c2ccc(F)cc2)CC1. The number of halogens is 2. The molecule has 1 aliphatic rings. The van der Waals surface area contributed by atoms with E-state index in [2.05, 4.69) is 29.0 Å². The van der Waals surface area contributed by atoms with Crippen LogP contribution in [0.4, 0.5) is 4.39 Å². The number of hydrogen-bond acceptors (Lipinski definition) is 3. The number of likely N-dealkylation sites (tertiary alicyclic amines) is 1. The molecule has 33 heavy (non-hydrogen) atoms. The van der Waals surface area contributed by atoms with E-state index < -0.39 is 0 Å². The van der Waals surface area contributed by atoms with Crippen molar-refractivity contribution in [1.82, 2.24) is 15.2 Å². The van der Waals surface area contributed by atoms with Crippen LogP contribution in [-0.4, -0.2) is 48.1 Å². The standard InChI is InChI=1S/C26H31ClFN3O2/c1-17(2)31-11-9-18(10-12-31)15-33-16-25(19-3-6-21(28)7-4-19)30-26(32)20-5-8-22-23(27)14-29-24(22)13-20/h3-8,13-14,17-18,25,29H,9-12,15-16H2,1-2H3,(H,30,32). The van der Waals surface area contributed by atoms with Gasteiger partial charge in [-0.15, -0.1) is 0 Å². The van der Waals surface area contributed by atoms with E-state index in [-0.39, 0.29) is 17.8 Å². The number of hydrogen-bond donors (Lipinski definition) is 2. The number of fused-ring (bicyclic) bond motifs is 1. The zero-order valence-corrected chi connectivity index (χ0v) is 19.9. The maximum absolute atomic E-state index is 13.5. The van der Waals surface area contributed by atoms with Gasteiger partial charge in [0.25, 0.3) is 5.91 Å². The van der Waals surface area contributed by atoms with E-state index in [4.69, 9.17) is 16.3 Å². The molecule has 0 bridgehead atoms. The summed E-state index contributed by atoms with van der Waals surface area (Å²) in [5.74, 6) is -0.00822. The average Bonchev–Trinajstić information content (AvgIpc) is 3.19. The minimum Gasteiger partial charge on any atom is -0.379 e. The summed E-state index contributed by atoms with van der Waals surface area (Å²) in [6, 6.07) is 11.8. The molecule has 7 heteroatoms. The smallest absolute Gasteiger partial charge is 0.251 e. The van der Waals surface area contributed by atoms with Gasteiger partial charge in [0.15, 0.2) is 0 Å². The van der Waals surface area contributed by atoms with E-state index in [1.807, 2.05) is 6.07 Å². The highest BCUT2D eigenvalue weighted by atomic mass is 35.5. The van der Waals surface area contributed by atoms with Crippen molar-refractivity contribution in [3.63, 3.8) is 0 Å². The molecule has 0 spiro atoms. The molecule has 4 rings (SSSR count). The molecule has 1 aliphatic heterocycles. The van der Waals surface area contributed by atoms with Gasteiger partial charge < -0.3 is 19.9 Å². The molecule has 1 aromatic heterocycles. The van der Waals surface area contributed by atoms with Crippen molar-refractivity contribution >= 4 is 28.4 Å². The van der Waals surface area contributed by atoms with Crippen LogP contribution >= 0.6 is 11.6 Å². The van der Waals surface area contributed by atoms with Gasteiger partial charge in [-0.1, -0.05) is 29.8 Å². The van der Waals surface area contributed by atoms with Crippen LogP contribution in [0.5, 0.6) is 0 Å². The van der Waals surface area contributed by atoms with Gasteiger partial charge in [0, 0.05) is 35.3 Å². The predicted molar refractivity (Wildman–Crippen MR) is 130 cm³/mol. The molecule has 2 heterocycles. The summed E-state index contributed by atoms with van der Waals surface area (Å²) in [7, 11) is 0. The number of aromatic nitrogens is 1. The van der Waals surface area contributed by atoms with Crippen molar-refractivity contribution in [2.24, 2.45) is 5.92 Å². The number of piperidine rings is 1. The first-order valence-corrected chi connectivity index (χ1v) is 11.9. The summed E-state index contributed by atoms with van der Waals surface area (Å²) in [5, 5.41) is 4.55. The summed E-state index contributed by atoms with van der Waals surface area (Å²) < 4.78 is 19.5. The molecule has 0 radical (unpaired) electrons. The highest BCUT2D eigenvalue weighted by Gasteiger charge is 2.22. The Morgan fingerprint density at radius 1 is 1.21 bits per heavy atom. The van der Waals surface area contributed by atoms with Crippen molar-refractivity contribution in [3.8, 4) is 0 Å². The van der Waals surface area contributed by atoms with Gasteiger partial charge in [-0.3, -0.25) is 4.79 Å². The molecule has 2 aromatic carbocycles. The molecule has 0 saturated carbocycles. The fourth-order valence-electron chi connectivity index (χ4n) is 4.38. The molecule has 2 N–H and O–H groups in total. The van der Waals surface area contributed by atoms with Crippen LogP contribution in [0.2, 0.25) is 5.02 Å². The Balaban J connectivity index is 1.40. The van der Waals surface area contributed by atoms with Gasteiger partial charge in [-0.05, 0) is 75.5 Å². The molecule has 1 amide bonds. The van der Waals surface area contributed by atoms with Crippen LogP contribution in [0, 0.1) is 11.7 Å². The fraction of sp³-hybridized carbons (Fsp3) is 0.423. The molecular formula is C26H31ClFN3O2. The minimum absolute atomic E-state index is 0.217. The lowest BCUT2D eigenvalue weighted by molar-refractivity contribution is 0.0473. The number of ether oxygens (including phenoxy) is 1. The average molecular weight is 472 g/mol. The van der Waals surface area contributed by atoms with Gasteiger partial charge in [0.1, 0.15) is 5.82 Å². The molecule has 1 unspecified atom stereocenters. The first kappa shape index (κ1) is 23.7. The highest BCUT2D eigenvalue weighted by molar-refractivity contribution is 6.35. The number of nitrogens with one attached hydrogen (secondary N) is 2. The summed E-state index contributed by atoms with van der Waals surface area (Å²) in [6.45, 7) is 7.64. The number of nitrogens with zero attached hydrogens (tertiary/aromatic N) is 1. The number of carbonyl (C=O) groups excluding carboxylic acids is 1. The Labute approximate surface area is 199 Å². The number of carbonyl (C=O) groups is 1. The van der Waals surface area contributed by atoms with E-state index in [1.54, 1.807) is 30.5 Å². The van der Waals surface area contributed by atoms with Crippen molar-refractivity contribution in [2.45, 2.75) is 38.8 Å². The molecule has 0 aliphatic carbocycles. The Bertz CT molecular complexity index is 1070. The third kappa shape index (κ3) is 5.94. The third-order valence-electron chi connectivity index (χ3n) is 6.49. The van der Waals surface area contributed by atoms with Crippen molar-refractivity contribution in [1.29, 1.82) is 0 Å². The maximum Gasteiger partial charge on any atom is 0.251 e. The molecule has 1 atom stereocenters. The second-order valence-corrected chi connectivity index (χ2v) is 9.49. The lowest BCUT2D eigenvalue weighted by Crippen LogP contribution is -2.39. The van der Waals surface area contributed by atoms with E-state index in [9.17, 15) is 9.18 Å². The number of rotatable bonds is 8. The van der Waals surface area contributed by atoms with Crippen LogP contribution in [0.1, 0.15) is 48.7 Å². The maximum atomic E-state index is 13.5. The zero-order valence-electron chi connectivity index (χ0n) is 19.1. The van der Waals surface area contributed by atoms with Crippen molar-refractivity contribution < 1.29 is 13.9 Å². The summed E-state index contributed by atoms with van der Waals surface area (Å²) in [4.78, 5) is 18.6. The molecule has 3 aromatic rings. The van der Waals surface area contributed by atoms with Crippen LogP contribution < -0.4 is 5.32 Å². The van der Waals surface area contributed by atoms with E-state index in [0.717, 1.165) is 42.4 Å². The summed E-state index contributed by atoms with van der Waals surface area (Å²) in [6.07, 6.45) is 3.93. The molecule has 5 nitrogen and oxygen atoms in total. The van der Waals surface area contributed by atoms with Gasteiger partial charge in [-0.25, -0.2) is 4.39 Å². The molecule has 176 valence electrons. The number of H-pyrrole nitrogens is 1. The number of amides is 1. The van der Waals surface area contributed by atoms with Gasteiger partial charge in [-0.2, -0.15) is 0 Å². The quantitative estimate of drug-likeness (QED) is 0.451. The van der Waals surface area contributed by atoms with Crippen molar-refractivity contribution in [2.75, 3.05) is 26.3 Å². The topological polar surface area (TPSA) is 57.4 Å². The van der Waals surface area contributed by atoms with Crippen LogP contribution in [0.25, 0.3) is 10.9 Å². The van der Waals surface area contributed by atoms with Crippen molar-refractivity contribution in [3.05, 3.63) is 70.6 Å². The largest absolute Gasteiger partial charge is 0.379 e. The first-order valence-electron chi connectivity index (χ1n) is 11.6. The number of benzene rings is 2. The first-order chi connectivity index (χ1) is 15.9. The normalized spacial score (nSPS) is 16.4. The molecule has 1 fully saturated rings. The van der Waals surface area contributed by atoms with Crippen LogP contribution in [-0.2, 0) is 4.74 Å². The Hall–Kier alpha value is -2.41. The summed E-state index contributed by atoms with van der Waals surface area (Å²) in [5.41, 5.74) is 2.13. The van der Waals surface area contributed by atoms with E-state index >= 15 is 0 Å². The second-order valence-electron chi connectivity index (χ2n) is 9.09. The van der Waals surface area contributed by atoms with Crippen LogP contribution in [0.3, 0.4) is 0 Å². The van der Waals surface area contributed by atoms with E-state index in [1.165, 1.54) is 12.1 Å². The van der Waals surface area contributed by atoms with Gasteiger partial charge in [0.2, 0.25) is 0 Å². The lowest BCUT2D eigenvalue weighted by atomic mass is 9.97. The fourth-order valence-corrected chi connectivity index (χ4v) is 4.60. The van der Waals surface area contributed by atoms with Gasteiger partial charge >= 0.3 is 0 Å². The minimum atomic E-state index is -0.378. The lowest BCUT2D eigenvalue weighted by Gasteiger charge is -2.34. The summed E-state index contributed by atoms with van der Waals surface area (Å²) >= 11 is 6.14. The predicted octanol–water partition coefficient (Wildman–Crippen LogP) is 5.57. The highest BCUT2D eigenvalue weighted by Crippen LogP contribution is 2.25. The third-order valence-corrected chi connectivity index (χ3v) is 6.80. The van der Waals surface area contributed by atoms with E-state index in [0.29, 0.717) is 35.8 Å². The zero-order chi connectivity index (χ0) is 23.4. The monoisotopic (exact) mass is 471 g/mol. The van der Waals surface area contributed by atoms with Gasteiger partial charge in [0.05, 0.1) is 17.7 Å². The second kappa shape index (κ2) is 10.7. The Morgan fingerprint density at radius 3 is 2.64 bits per heavy atom. The Kier molecular flexibility index (Phi) is 7.68. The van der Waals surface area contributed by atoms with Crippen LogP contribution in [0.15, 0.2) is 48.7 Å². The Morgan fingerprint density at radius 2 is 1.94 bits per heavy atom. The molecular weight excluding hydrogens is 441 g/mol. The number of aromatic amines is 1. The molecule has 1 saturated heterocycles.